The summed E-state index contributed by atoms with van der Waals surface area (Å²) in [4.78, 5) is 0. The fraction of sp³-hybridized carbons (Fsp3) is 0.500. The minimum absolute atomic E-state index is 0.360. The number of hydrogen-bond acceptors (Lipinski definition) is 1. The van der Waals surface area contributed by atoms with Crippen LogP contribution in [0, 0.1) is 0 Å². The summed E-state index contributed by atoms with van der Waals surface area (Å²) in [6.45, 7) is 3.20. The SMILES string of the molecule is CC1(NCc2ccc(Cl)cc2Br)CCC1. The Morgan fingerprint density at radius 3 is 2.73 bits per heavy atom. The van der Waals surface area contributed by atoms with E-state index in [1.165, 1.54) is 24.8 Å². The lowest BCUT2D eigenvalue weighted by Gasteiger charge is -2.39. The molecule has 0 radical (unpaired) electrons. The molecular formula is C12H15BrClN. The Balaban J connectivity index is 1.98. The molecule has 1 aromatic rings. The van der Waals surface area contributed by atoms with Crippen LogP contribution in [0.15, 0.2) is 22.7 Å². The van der Waals surface area contributed by atoms with Gasteiger partial charge in [0.15, 0.2) is 0 Å². The second kappa shape index (κ2) is 4.44. The zero-order valence-electron chi connectivity index (χ0n) is 8.82. The summed E-state index contributed by atoms with van der Waals surface area (Å²) in [5.74, 6) is 0. The van der Waals surface area contributed by atoms with Gasteiger partial charge < -0.3 is 5.32 Å². The quantitative estimate of drug-likeness (QED) is 0.881. The van der Waals surface area contributed by atoms with Crippen LogP contribution >= 0.6 is 27.5 Å². The smallest absolute Gasteiger partial charge is 0.0417 e. The van der Waals surface area contributed by atoms with Gasteiger partial charge in [-0.3, -0.25) is 0 Å². The van der Waals surface area contributed by atoms with Crippen molar-refractivity contribution in [2.45, 2.75) is 38.3 Å². The Morgan fingerprint density at radius 2 is 2.20 bits per heavy atom. The molecule has 0 bridgehead atoms. The first kappa shape index (κ1) is 11.4. The molecule has 1 fully saturated rings. The summed E-state index contributed by atoms with van der Waals surface area (Å²) in [7, 11) is 0. The van der Waals surface area contributed by atoms with Gasteiger partial charge in [0.25, 0.3) is 0 Å². The van der Waals surface area contributed by atoms with Gasteiger partial charge >= 0.3 is 0 Å². The number of nitrogens with one attached hydrogen (secondary N) is 1. The van der Waals surface area contributed by atoms with Crippen molar-refractivity contribution >= 4 is 27.5 Å². The summed E-state index contributed by atoms with van der Waals surface area (Å²) in [6.07, 6.45) is 3.93. The van der Waals surface area contributed by atoms with Crippen molar-refractivity contribution in [1.82, 2.24) is 5.32 Å². The fourth-order valence-electron chi connectivity index (χ4n) is 1.86. The largest absolute Gasteiger partial charge is 0.307 e. The van der Waals surface area contributed by atoms with Gasteiger partial charge in [-0.15, -0.1) is 0 Å². The van der Waals surface area contributed by atoms with E-state index in [1.807, 2.05) is 12.1 Å². The third-order valence-corrected chi connectivity index (χ3v) is 4.15. The normalized spacial score (nSPS) is 18.6. The van der Waals surface area contributed by atoms with Gasteiger partial charge in [-0.2, -0.15) is 0 Å². The molecule has 0 heterocycles. The zero-order chi connectivity index (χ0) is 10.9. The lowest BCUT2D eigenvalue weighted by molar-refractivity contribution is 0.206. The van der Waals surface area contributed by atoms with E-state index in [9.17, 15) is 0 Å². The summed E-state index contributed by atoms with van der Waals surface area (Å²) in [5.41, 5.74) is 1.63. The minimum Gasteiger partial charge on any atom is -0.307 e. The van der Waals surface area contributed by atoms with Gasteiger partial charge in [0, 0.05) is 21.6 Å². The van der Waals surface area contributed by atoms with Crippen LogP contribution in [0.3, 0.4) is 0 Å². The standard InChI is InChI=1S/C12H15BrClN/c1-12(5-2-6-12)15-8-9-3-4-10(14)7-11(9)13/h3-4,7,15H,2,5-6,8H2,1H3. The molecule has 0 spiro atoms. The second-order valence-electron chi connectivity index (χ2n) is 4.50. The fourth-order valence-corrected chi connectivity index (χ4v) is 2.68. The molecule has 82 valence electrons. The van der Waals surface area contributed by atoms with E-state index in [2.05, 4.69) is 34.2 Å². The average molecular weight is 289 g/mol. The first-order valence-electron chi connectivity index (χ1n) is 5.28. The Kier molecular flexibility index (Phi) is 3.39. The van der Waals surface area contributed by atoms with Gasteiger partial charge in [0.1, 0.15) is 0 Å². The van der Waals surface area contributed by atoms with E-state index in [0.29, 0.717) is 5.54 Å². The van der Waals surface area contributed by atoms with Crippen molar-refractivity contribution in [3.8, 4) is 0 Å². The Bertz CT molecular complexity index is 361. The van der Waals surface area contributed by atoms with Crippen LogP contribution in [0.2, 0.25) is 5.02 Å². The van der Waals surface area contributed by atoms with Crippen molar-refractivity contribution in [2.75, 3.05) is 0 Å². The molecule has 15 heavy (non-hydrogen) atoms. The van der Waals surface area contributed by atoms with E-state index < -0.39 is 0 Å². The average Bonchev–Trinajstić information content (AvgIpc) is 2.14. The van der Waals surface area contributed by atoms with Crippen molar-refractivity contribution < 1.29 is 0 Å². The number of rotatable bonds is 3. The van der Waals surface area contributed by atoms with E-state index in [-0.39, 0.29) is 0 Å². The molecule has 0 aliphatic heterocycles. The summed E-state index contributed by atoms with van der Waals surface area (Å²) in [6, 6.07) is 5.95. The van der Waals surface area contributed by atoms with Crippen LogP contribution in [0.4, 0.5) is 0 Å². The van der Waals surface area contributed by atoms with Crippen LogP contribution in [0.5, 0.6) is 0 Å². The Labute approximate surface area is 104 Å². The van der Waals surface area contributed by atoms with Gasteiger partial charge in [-0.05, 0) is 43.9 Å². The van der Waals surface area contributed by atoms with Crippen LogP contribution in [0.25, 0.3) is 0 Å². The van der Waals surface area contributed by atoms with Gasteiger partial charge in [-0.1, -0.05) is 33.6 Å². The van der Waals surface area contributed by atoms with E-state index in [4.69, 9.17) is 11.6 Å². The van der Waals surface area contributed by atoms with Crippen LogP contribution in [0.1, 0.15) is 31.7 Å². The van der Waals surface area contributed by atoms with E-state index in [1.54, 1.807) is 0 Å². The monoisotopic (exact) mass is 287 g/mol. The maximum atomic E-state index is 5.90. The third-order valence-electron chi connectivity index (χ3n) is 3.18. The predicted molar refractivity (Wildman–Crippen MR) is 68.2 cm³/mol. The predicted octanol–water partition coefficient (Wildman–Crippen LogP) is 4.13. The summed E-state index contributed by atoms with van der Waals surface area (Å²) < 4.78 is 1.09. The first-order valence-corrected chi connectivity index (χ1v) is 6.45. The summed E-state index contributed by atoms with van der Waals surface area (Å²) >= 11 is 9.43. The molecule has 0 unspecified atom stereocenters. The molecule has 1 aromatic carbocycles. The highest BCUT2D eigenvalue weighted by atomic mass is 79.9. The molecule has 1 N–H and O–H groups in total. The molecule has 2 rings (SSSR count). The van der Waals surface area contributed by atoms with Crippen molar-refractivity contribution in [3.63, 3.8) is 0 Å². The molecule has 1 nitrogen and oxygen atoms in total. The lowest BCUT2D eigenvalue weighted by atomic mass is 9.78. The number of halogens is 2. The first-order chi connectivity index (χ1) is 7.09. The Hall–Kier alpha value is -0.0500. The molecular weight excluding hydrogens is 273 g/mol. The molecule has 0 saturated heterocycles. The third kappa shape index (κ3) is 2.74. The highest BCUT2D eigenvalue weighted by molar-refractivity contribution is 9.10. The number of benzene rings is 1. The Morgan fingerprint density at radius 1 is 1.47 bits per heavy atom. The molecule has 0 aromatic heterocycles. The minimum atomic E-state index is 0.360. The second-order valence-corrected chi connectivity index (χ2v) is 5.79. The van der Waals surface area contributed by atoms with Crippen LogP contribution in [-0.4, -0.2) is 5.54 Å². The molecule has 0 atom stereocenters. The molecule has 0 amide bonds. The lowest BCUT2D eigenvalue weighted by Crippen LogP contribution is -2.47. The maximum Gasteiger partial charge on any atom is 0.0417 e. The highest BCUT2D eigenvalue weighted by Crippen LogP contribution is 2.31. The summed E-state index contributed by atoms with van der Waals surface area (Å²) in [5, 5.41) is 4.38. The molecule has 1 aliphatic rings. The number of hydrogen-bond donors (Lipinski definition) is 1. The van der Waals surface area contributed by atoms with Crippen molar-refractivity contribution in [3.05, 3.63) is 33.3 Å². The topological polar surface area (TPSA) is 12.0 Å². The van der Waals surface area contributed by atoms with E-state index >= 15 is 0 Å². The van der Waals surface area contributed by atoms with Crippen molar-refractivity contribution in [2.24, 2.45) is 0 Å². The molecule has 3 heteroatoms. The van der Waals surface area contributed by atoms with E-state index in [0.717, 1.165) is 16.0 Å². The van der Waals surface area contributed by atoms with Gasteiger partial charge in [0.2, 0.25) is 0 Å². The van der Waals surface area contributed by atoms with Crippen LogP contribution < -0.4 is 5.32 Å². The highest BCUT2D eigenvalue weighted by Gasteiger charge is 2.30. The van der Waals surface area contributed by atoms with Gasteiger partial charge in [-0.25, -0.2) is 0 Å². The van der Waals surface area contributed by atoms with Crippen LogP contribution in [-0.2, 0) is 6.54 Å². The van der Waals surface area contributed by atoms with Crippen molar-refractivity contribution in [1.29, 1.82) is 0 Å². The zero-order valence-corrected chi connectivity index (χ0v) is 11.2. The molecule has 1 saturated carbocycles. The maximum absolute atomic E-state index is 5.90. The molecule has 1 aliphatic carbocycles. The van der Waals surface area contributed by atoms with Gasteiger partial charge in [0.05, 0.1) is 0 Å².